The van der Waals surface area contributed by atoms with E-state index in [2.05, 4.69) is 5.32 Å². The number of rotatable bonds is 5. The van der Waals surface area contributed by atoms with Crippen LogP contribution in [0.2, 0.25) is 0 Å². The maximum atomic E-state index is 14.1. The second-order valence-corrected chi connectivity index (χ2v) is 12.3. The largest absolute Gasteiger partial charge is 0.457 e. The number of anilines is 1. The Morgan fingerprint density at radius 3 is 1.74 bits per heavy atom. The minimum atomic E-state index is -1.29. The standard InChI is InChI=1S/C34H26Cl2N2O4/c1-19-8-7-9-23(18-19)42-22-16-14-21(15-17-22)37-30(39)20(2)38-31(40)28-29(32(38)41)34(36)25-11-4-3-10-24(25)33(28,35)26-12-5-6-13-27(26)34/h3-18,20,28-29H,1-2H3,(H,37,39)/t20-,28+,29+,33?,34?/m0/s1. The molecule has 1 N–H and O–H groups in total. The zero-order valence-corrected chi connectivity index (χ0v) is 24.3. The third-order valence-corrected chi connectivity index (χ3v) is 10.0. The maximum Gasteiger partial charge on any atom is 0.247 e. The molecule has 210 valence electrons. The highest BCUT2D eigenvalue weighted by atomic mass is 35.5. The highest BCUT2D eigenvalue weighted by molar-refractivity contribution is 6.36. The molecule has 42 heavy (non-hydrogen) atoms. The third kappa shape index (κ3) is 3.61. The number of alkyl halides is 2. The number of carbonyl (C=O) groups is 3. The third-order valence-electron chi connectivity index (χ3n) is 8.73. The number of nitrogens with zero attached hydrogens (tertiary/aromatic N) is 1. The van der Waals surface area contributed by atoms with Crippen LogP contribution in [0.3, 0.4) is 0 Å². The fraction of sp³-hybridized carbons (Fsp3) is 0.206. The van der Waals surface area contributed by atoms with Gasteiger partial charge in [-0.2, -0.15) is 0 Å². The van der Waals surface area contributed by atoms with E-state index in [0.717, 1.165) is 32.7 Å². The van der Waals surface area contributed by atoms with Crippen LogP contribution in [0.1, 0.15) is 34.7 Å². The number of hydrogen-bond acceptors (Lipinski definition) is 4. The molecule has 1 aliphatic heterocycles. The number of benzene rings is 4. The van der Waals surface area contributed by atoms with Gasteiger partial charge in [0.1, 0.15) is 27.3 Å². The number of amides is 3. The number of ether oxygens (including phenoxy) is 1. The van der Waals surface area contributed by atoms with Gasteiger partial charge in [0, 0.05) is 5.69 Å². The van der Waals surface area contributed by atoms with Gasteiger partial charge in [0.15, 0.2) is 0 Å². The van der Waals surface area contributed by atoms with Gasteiger partial charge in [0.05, 0.1) is 11.8 Å². The maximum absolute atomic E-state index is 14.1. The first-order valence-electron chi connectivity index (χ1n) is 13.8. The molecule has 3 atom stereocenters. The first-order valence-corrected chi connectivity index (χ1v) is 14.5. The van der Waals surface area contributed by atoms with Crippen LogP contribution < -0.4 is 10.1 Å². The van der Waals surface area contributed by atoms with Crippen molar-refractivity contribution < 1.29 is 19.1 Å². The van der Waals surface area contributed by atoms with Gasteiger partial charge >= 0.3 is 0 Å². The summed E-state index contributed by atoms with van der Waals surface area (Å²) in [5, 5.41) is 2.83. The van der Waals surface area contributed by atoms with Crippen LogP contribution in [0.4, 0.5) is 5.69 Å². The summed E-state index contributed by atoms with van der Waals surface area (Å²) < 4.78 is 5.89. The van der Waals surface area contributed by atoms with E-state index >= 15 is 0 Å². The molecule has 1 heterocycles. The summed E-state index contributed by atoms with van der Waals surface area (Å²) in [6.07, 6.45) is 0. The zero-order chi connectivity index (χ0) is 29.4. The SMILES string of the molecule is Cc1cccc(Oc2ccc(NC(=O)[C@H](C)N3C(=O)[C@H]4[C@H](C3=O)C3(Cl)c5ccccc5C4(Cl)c4ccccc43)cc2)c1. The molecule has 3 amide bonds. The normalized spacial score (nSPS) is 25.9. The summed E-state index contributed by atoms with van der Waals surface area (Å²) >= 11 is 14.9. The first kappa shape index (κ1) is 26.7. The van der Waals surface area contributed by atoms with E-state index in [1.165, 1.54) is 0 Å². The fourth-order valence-corrected chi connectivity index (χ4v) is 7.95. The van der Waals surface area contributed by atoms with Gasteiger partial charge in [-0.05, 0) is 78.1 Å². The van der Waals surface area contributed by atoms with Crippen molar-refractivity contribution in [3.05, 3.63) is 125 Å². The summed E-state index contributed by atoms with van der Waals surface area (Å²) in [7, 11) is 0. The molecule has 1 saturated heterocycles. The van der Waals surface area contributed by atoms with Crippen LogP contribution in [-0.2, 0) is 24.1 Å². The Hall–Kier alpha value is -4.13. The number of likely N-dealkylation sites (tertiary alicyclic amines) is 1. The minimum Gasteiger partial charge on any atom is -0.457 e. The van der Waals surface area contributed by atoms with Crippen molar-refractivity contribution in [2.75, 3.05) is 5.32 Å². The van der Waals surface area contributed by atoms with Crippen molar-refractivity contribution in [2.45, 2.75) is 29.6 Å². The molecule has 4 aromatic carbocycles. The average molecular weight is 597 g/mol. The Morgan fingerprint density at radius 1 is 0.762 bits per heavy atom. The van der Waals surface area contributed by atoms with E-state index in [0.29, 0.717) is 17.2 Å². The van der Waals surface area contributed by atoms with Crippen molar-refractivity contribution in [1.29, 1.82) is 0 Å². The number of hydrogen-bond donors (Lipinski definition) is 1. The summed E-state index contributed by atoms with van der Waals surface area (Å²) in [4.78, 5) is 40.1. The molecule has 0 saturated carbocycles. The van der Waals surface area contributed by atoms with Crippen molar-refractivity contribution in [3.8, 4) is 11.5 Å². The van der Waals surface area contributed by atoms with Crippen molar-refractivity contribution in [1.82, 2.24) is 4.90 Å². The Kier molecular flexibility index (Phi) is 6.02. The molecule has 2 bridgehead atoms. The van der Waals surface area contributed by atoms with Crippen LogP contribution >= 0.6 is 23.2 Å². The van der Waals surface area contributed by atoms with E-state index < -0.39 is 45.3 Å². The summed E-state index contributed by atoms with van der Waals surface area (Å²) in [6, 6.07) is 28.4. The Bertz CT molecular complexity index is 1670. The van der Waals surface area contributed by atoms with Crippen LogP contribution in [-0.4, -0.2) is 28.7 Å². The van der Waals surface area contributed by atoms with Gasteiger partial charge in [-0.3, -0.25) is 19.3 Å². The van der Waals surface area contributed by atoms with Gasteiger partial charge in [0.25, 0.3) is 0 Å². The number of imide groups is 1. The summed E-state index contributed by atoms with van der Waals surface area (Å²) in [5.74, 6) is -2.10. The summed E-state index contributed by atoms with van der Waals surface area (Å²) in [6.45, 7) is 3.53. The monoisotopic (exact) mass is 596 g/mol. The molecular formula is C34H26Cl2N2O4. The average Bonchev–Trinajstić information content (AvgIpc) is 3.27. The number of nitrogens with one attached hydrogen (secondary N) is 1. The van der Waals surface area contributed by atoms with Crippen molar-refractivity contribution in [2.24, 2.45) is 11.8 Å². The lowest BCUT2D eigenvalue weighted by atomic mass is 9.54. The predicted octanol–water partition coefficient (Wildman–Crippen LogP) is 6.71. The highest BCUT2D eigenvalue weighted by Gasteiger charge is 2.73. The quantitative estimate of drug-likeness (QED) is 0.205. The Balaban J connectivity index is 1.17. The van der Waals surface area contributed by atoms with Gasteiger partial charge in [-0.1, -0.05) is 60.7 Å². The zero-order valence-electron chi connectivity index (χ0n) is 22.8. The number of halogens is 2. The van der Waals surface area contributed by atoms with Gasteiger partial charge in [-0.25, -0.2) is 0 Å². The molecule has 8 heteroatoms. The molecular weight excluding hydrogens is 571 g/mol. The van der Waals surface area contributed by atoms with E-state index in [-0.39, 0.29) is 0 Å². The lowest BCUT2D eigenvalue weighted by molar-refractivity contribution is -0.146. The molecule has 0 unspecified atom stereocenters. The lowest BCUT2D eigenvalue weighted by Crippen LogP contribution is -2.57. The molecule has 8 rings (SSSR count). The molecule has 0 aromatic heterocycles. The van der Waals surface area contributed by atoms with Crippen LogP contribution in [0.25, 0.3) is 0 Å². The molecule has 1 fully saturated rings. The van der Waals surface area contributed by atoms with Gasteiger partial charge in [0.2, 0.25) is 17.7 Å². The second-order valence-electron chi connectivity index (χ2n) is 11.1. The van der Waals surface area contributed by atoms with Gasteiger partial charge < -0.3 is 10.1 Å². The van der Waals surface area contributed by atoms with Crippen LogP contribution in [0.15, 0.2) is 97.1 Å². The molecule has 0 spiro atoms. The molecule has 4 aliphatic rings. The molecule has 3 aliphatic carbocycles. The van der Waals surface area contributed by atoms with E-state index in [1.807, 2.05) is 79.7 Å². The Morgan fingerprint density at radius 2 is 1.26 bits per heavy atom. The predicted molar refractivity (Wildman–Crippen MR) is 161 cm³/mol. The van der Waals surface area contributed by atoms with Crippen LogP contribution in [0, 0.1) is 18.8 Å². The van der Waals surface area contributed by atoms with E-state index in [9.17, 15) is 14.4 Å². The molecule has 6 nitrogen and oxygen atoms in total. The lowest BCUT2D eigenvalue weighted by Gasteiger charge is -2.54. The van der Waals surface area contributed by atoms with E-state index in [4.69, 9.17) is 27.9 Å². The highest BCUT2D eigenvalue weighted by Crippen LogP contribution is 2.69. The topological polar surface area (TPSA) is 75.7 Å². The second kappa shape index (κ2) is 9.45. The summed E-state index contributed by atoms with van der Waals surface area (Å²) in [5.41, 5.74) is 4.45. The smallest absolute Gasteiger partial charge is 0.247 e. The Labute approximate surface area is 253 Å². The fourth-order valence-electron chi connectivity index (χ4n) is 6.86. The van der Waals surface area contributed by atoms with E-state index in [1.54, 1.807) is 31.2 Å². The van der Waals surface area contributed by atoms with Crippen molar-refractivity contribution in [3.63, 3.8) is 0 Å². The molecule has 0 radical (unpaired) electrons. The van der Waals surface area contributed by atoms with Gasteiger partial charge in [-0.15, -0.1) is 23.2 Å². The number of aryl methyl sites for hydroxylation is 1. The molecule has 4 aromatic rings. The minimum absolute atomic E-state index is 0.501. The van der Waals surface area contributed by atoms with Crippen LogP contribution in [0.5, 0.6) is 11.5 Å². The van der Waals surface area contributed by atoms with Crippen molar-refractivity contribution >= 4 is 46.6 Å². The first-order chi connectivity index (χ1) is 20.2. The number of carbonyl (C=O) groups excluding carboxylic acids is 3.